The minimum atomic E-state index is -0.354. The zero-order valence-corrected chi connectivity index (χ0v) is 17.6. The summed E-state index contributed by atoms with van der Waals surface area (Å²) in [6, 6.07) is 10.5. The summed E-state index contributed by atoms with van der Waals surface area (Å²) in [7, 11) is 0. The van der Waals surface area contributed by atoms with Crippen LogP contribution in [0.4, 0.5) is 0 Å². The third-order valence-electron chi connectivity index (χ3n) is 3.93. The van der Waals surface area contributed by atoms with Crippen molar-refractivity contribution in [1.29, 1.82) is 5.26 Å². The van der Waals surface area contributed by atoms with Crippen LogP contribution in [0.3, 0.4) is 0 Å². The van der Waals surface area contributed by atoms with Crippen molar-refractivity contribution in [3.05, 3.63) is 40.3 Å². The smallest absolute Gasteiger partial charge is 0.349 e. The van der Waals surface area contributed by atoms with Crippen LogP contribution in [0.15, 0.2) is 28.5 Å². The lowest BCUT2D eigenvalue weighted by Crippen LogP contribution is -2.10. The molecule has 1 aromatic heterocycles. The van der Waals surface area contributed by atoms with Crippen molar-refractivity contribution in [2.75, 3.05) is 12.4 Å². The number of esters is 1. The normalized spacial score (nSPS) is 11.2. The number of carbonyl (C=O) groups is 1. The molecule has 0 saturated heterocycles. The maximum absolute atomic E-state index is 12.5. The summed E-state index contributed by atoms with van der Waals surface area (Å²) in [5.74, 6) is 0.562. The number of hydrogen-bond donors (Lipinski definition) is 0. The SMILES string of the molecule is CCCSc1sc(C(=O)OCC)c(-c2ccc(C(C)(C)C)cc2)c1C#N. The molecule has 0 aliphatic carbocycles. The van der Waals surface area contributed by atoms with Crippen molar-refractivity contribution in [3.63, 3.8) is 0 Å². The Bertz CT molecular complexity index is 808. The van der Waals surface area contributed by atoms with Crippen LogP contribution in [0.5, 0.6) is 0 Å². The van der Waals surface area contributed by atoms with Crippen LogP contribution < -0.4 is 0 Å². The zero-order chi connectivity index (χ0) is 19.3. The molecule has 0 amide bonds. The van der Waals surface area contributed by atoms with E-state index in [1.54, 1.807) is 18.7 Å². The number of nitrogens with zero attached hydrogens (tertiary/aromatic N) is 1. The molecule has 0 spiro atoms. The van der Waals surface area contributed by atoms with Crippen LogP contribution in [0.25, 0.3) is 11.1 Å². The summed E-state index contributed by atoms with van der Waals surface area (Å²) in [5.41, 5.74) is 3.44. The third kappa shape index (κ3) is 4.49. The van der Waals surface area contributed by atoms with E-state index in [0.29, 0.717) is 22.6 Å². The highest BCUT2D eigenvalue weighted by molar-refractivity contribution is 8.01. The first-order chi connectivity index (χ1) is 12.3. The number of carbonyl (C=O) groups excluding carboxylic acids is 1. The molecule has 2 rings (SSSR count). The number of thiophene rings is 1. The molecule has 3 nitrogen and oxygen atoms in total. The summed E-state index contributed by atoms with van der Waals surface area (Å²) in [6.45, 7) is 10.7. The van der Waals surface area contributed by atoms with E-state index in [1.165, 1.54) is 16.9 Å². The van der Waals surface area contributed by atoms with Crippen molar-refractivity contribution < 1.29 is 9.53 Å². The second-order valence-corrected chi connectivity index (χ2v) is 9.36. The van der Waals surface area contributed by atoms with Crippen molar-refractivity contribution in [3.8, 4) is 17.2 Å². The Morgan fingerprint density at radius 2 is 1.88 bits per heavy atom. The molecule has 0 atom stereocenters. The van der Waals surface area contributed by atoms with Gasteiger partial charge in [0.15, 0.2) is 0 Å². The Labute approximate surface area is 164 Å². The molecule has 0 fully saturated rings. The lowest BCUT2D eigenvalue weighted by Gasteiger charge is -2.19. The van der Waals surface area contributed by atoms with Gasteiger partial charge in [0.2, 0.25) is 0 Å². The topological polar surface area (TPSA) is 50.1 Å². The number of thioether (sulfide) groups is 1. The van der Waals surface area contributed by atoms with Crippen molar-refractivity contribution in [2.24, 2.45) is 0 Å². The van der Waals surface area contributed by atoms with Gasteiger partial charge in [-0.2, -0.15) is 5.26 Å². The minimum Gasteiger partial charge on any atom is -0.462 e. The summed E-state index contributed by atoms with van der Waals surface area (Å²) in [5, 5.41) is 9.76. The van der Waals surface area contributed by atoms with E-state index in [-0.39, 0.29) is 11.4 Å². The fourth-order valence-corrected chi connectivity index (χ4v) is 4.88. The van der Waals surface area contributed by atoms with E-state index < -0.39 is 0 Å². The molecule has 0 saturated carbocycles. The van der Waals surface area contributed by atoms with E-state index in [1.807, 2.05) is 12.1 Å². The monoisotopic (exact) mass is 387 g/mol. The summed E-state index contributed by atoms with van der Waals surface area (Å²) < 4.78 is 6.13. The summed E-state index contributed by atoms with van der Waals surface area (Å²) >= 11 is 3.00. The molecule has 0 N–H and O–H groups in total. The van der Waals surface area contributed by atoms with Gasteiger partial charge in [-0.25, -0.2) is 4.79 Å². The van der Waals surface area contributed by atoms with Crippen LogP contribution in [0.1, 0.15) is 61.8 Å². The first-order valence-corrected chi connectivity index (χ1v) is 10.6. The number of hydrogen-bond acceptors (Lipinski definition) is 5. The summed E-state index contributed by atoms with van der Waals surface area (Å²) in [6.07, 6.45) is 1.01. The van der Waals surface area contributed by atoms with E-state index in [2.05, 4.69) is 45.9 Å². The highest BCUT2D eigenvalue weighted by Crippen LogP contribution is 2.42. The van der Waals surface area contributed by atoms with E-state index in [9.17, 15) is 10.1 Å². The molecule has 26 heavy (non-hydrogen) atoms. The Hall–Kier alpha value is -1.77. The Balaban J connectivity index is 2.59. The first kappa shape index (κ1) is 20.5. The molecule has 0 aliphatic heterocycles. The largest absolute Gasteiger partial charge is 0.462 e. The zero-order valence-electron chi connectivity index (χ0n) is 16.0. The first-order valence-electron chi connectivity index (χ1n) is 8.81. The number of benzene rings is 1. The van der Waals surface area contributed by atoms with Crippen LogP contribution in [0, 0.1) is 11.3 Å². The lowest BCUT2D eigenvalue weighted by atomic mass is 9.86. The van der Waals surface area contributed by atoms with Crippen molar-refractivity contribution in [2.45, 2.75) is 50.7 Å². The molecule has 0 aliphatic rings. The van der Waals surface area contributed by atoms with Gasteiger partial charge in [0, 0.05) is 5.56 Å². The highest BCUT2D eigenvalue weighted by Gasteiger charge is 2.25. The van der Waals surface area contributed by atoms with Gasteiger partial charge in [-0.3, -0.25) is 0 Å². The van der Waals surface area contributed by atoms with Gasteiger partial charge in [-0.1, -0.05) is 52.0 Å². The van der Waals surface area contributed by atoms with E-state index in [0.717, 1.165) is 21.9 Å². The Kier molecular flexibility index (Phi) is 6.91. The van der Waals surface area contributed by atoms with Crippen LogP contribution >= 0.6 is 23.1 Å². The van der Waals surface area contributed by atoms with Gasteiger partial charge < -0.3 is 4.74 Å². The van der Waals surface area contributed by atoms with Crippen molar-refractivity contribution >= 4 is 29.1 Å². The standard InChI is InChI=1S/C21H25NO2S2/c1-6-12-25-20-16(13-22)17(18(26-20)19(23)24-7-2)14-8-10-15(11-9-14)21(3,4)5/h8-11H,6-7,12H2,1-5H3. The van der Waals surface area contributed by atoms with Gasteiger partial charge in [0.25, 0.3) is 0 Å². The fraction of sp³-hybridized carbons (Fsp3) is 0.429. The maximum Gasteiger partial charge on any atom is 0.349 e. The predicted molar refractivity (Wildman–Crippen MR) is 110 cm³/mol. The fourth-order valence-electron chi connectivity index (χ4n) is 2.56. The molecule has 0 unspecified atom stereocenters. The molecule has 0 radical (unpaired) electrons. The molecule has 2 aromatic rings. The quantitative estimate of drug-likeness (QED) is 0.433. The lowest BCUT2D eigenvalue weighted by molar-refractivity contribution is 0.0533. The van der Waals surface area contributed by atoms with Gasteiger partial charge >= 0.3 is 5.97 Å². The highest BCUT2D eigenvalue weighted by atomic mass is 32.2. The van der Waals surface area contributed by atoms with Gasteiger partial charge in [-0.05, 0) is 35.6 Å². The molecular formula is C21H25NO2S2. The molecule has 1 aromatic carbocycles. The molecular weight excluding hydrogens is 362 g/mol. The van der Waals surface area contributed by atoms with Crippen LogP contribution in [-0.2, 0) is 10.2 Å². The number of rotatable bonds is 6. The second kappa shape index (κ2) is 8.75. The molecule has 5 heteroatoms. The Morgan fingerprint density at radius 1 is 1.23 bits per heavy atom. The van der Waals surface area contributed by atoms with Crippen LogP contribution in [0.2, 0.25) is 0 Å². The molecule has 1 heterocycles. The number of ether oxygens (including phenoxy) is 1. The van der Waals surface area contributed by atoms with E-state index in [4.69, 9.17) is 4.74 Å². The average Bonchev–Trinajstić information content (AvgIpc) is 2.98. The Morgan fingerprint density at radius 3 is 2.38 bits per heavy atom. The average molecular weight is 388 g/mol. The second-order valence-electron chi connectivity index (χ2n) is 6.98. The molecule has 138 valence electrons. The third-order valence-corrected chi connectivity index (χ3v) is 6.57. The van der Waals surface area contributed by atoms with Gasteiger partial charge in [0.1, 0.15) is 10.9 Å². The number of nitriles is 1. The maximum atomic E-state index is 12.5. The summed E-state index contributed by atoms with van der Waals surface area (Å²) in [4.78, 5) is 13.0. The van der Waals surface area contributed by atoms with Gasteiger partial charge in [-0.15, -0.1) is 23.1 Å². The van der Waals surface area contributed by atoms with Crippen LogP contribution in [-0.4, -0.2) is 18.3 Å². The van der Waals surface area contributed by atoms with E-state index >= 15 is 0 Å². The molecule has 0 bridgehead atoms. The minimum absolute atomic E-state index is 0.0529. The van der Waals surface area contributed by atoms with Crippen molar-refractivity contribution in [1.82, 2.24) is 0 Å². The predicted octanol–water partition coefficient (Wildman–Crippen LogP) is 6.26. The van der Waals surface area contributed by atoms with Gasteiger partial charge in [0.05, 0.1) is 16.4 Å².